The number of piperidine rings is 2. The van der Waals surface area contributed by atoms with Crippen LogP contribution in [-0.4, -0.2) is 58.7 Å². The summed E-state index contributed by atoms with van der Waals surface area (Å²) < 4.78 is 0. The maximum absolute atomic E-state index is 12.3. The highest BCUT2D eigenvalue weighted by molar-refractivity contribution is 6.34. The van der Waals surface area contributed by atoms with Gasteiger partial charge in [-0.2, -0.15) is 0 Å². The lowest BCUT2D eigenvalue weighted by Gasteiger charge is -2.48. The highest BCUT2D eigenvalue weighted by Crippen LogP contribution is 2.38. The monoisotopic (exact) mass is 344 g/mol. The highest BCUT2D eigenvalue weighted by Gasteiger charge is 2.43. The van der Waals surface area contributed by atoms with Crippen LogP contribution in [0.1, 0.15) is 31.4 Å². The first-order valence-corrected chi connectivity index (χ1v) is 8.75. The van der Waals surface area contributed by atoms with Crippen LogP contribution in [0.4, 0.5) is 0 Å². The molecule has 7 nitrogen and oxygen atoms in total. The summed E-state index contributed by atoms with van der Waals surface area (Å²) in [6.07, 6.45) is 5.51. The summed E-state index contributed by atoms with van der Waals surface area (Å²) >= 11 is 0. The minimum Gasteiger partial charge on any atom is -0.361 e. The second-order valence-corrected chi connectivity index (χ2v) is 7.08. The van der Waals surface area contributed by atoms with Gasteiger partial charge in [0.1, 0.15) is 0 Å². The van der Waals surface area contributed by atoms with Gasteiger partial charge >= 0.3 is 11.8 Å². The molecular formula is C18H24N4O3. The lowest BCUT2D eigenvalue weighted by Crippen LogP contribution is -2.56. The molecule has 3 rings (SSSR count). The Kier molecular flexibility index (Phi) is 5.01. The molecule has 0 aromatic carbocycles. The smallest absolute Gasteiger partial charge is 0.311 e. The number of rotatable bonds is 3. The van der Waals surface area contributed by atoms with Crippen LogP contribution in [0, 0.1) is 5.41 Å². The van der Waals surface area contributed by atoms with Crippen molar-refractivity contribution in [2.24, 2.45) is 11.1 Å². The highest BCUT2D eigenvalue weighted by atomic mass is 16.2. The number of carbonyl (C=O) groups is 3. The van der Waals surface area contributed by atoms with E-state index in [0.29, 0.717) is 39.0 Å². The van der Waals surface area contributed by atoms with E-state index in [2.05, 4.69) is 4.98 Å². The molecule has 1 spiro atoms. The average molecular weight is 344 g/mol. The van der Waals surface area contributed by atoms with Crippen molar-refractivity contribution in [3.8, 4) is 0 Å². The summed E-state index contributed by atoms with van der Waals surface area (Å²) in [7, 11) is 0. The second kappa shape index (κ2) is 7.21. The Bertz CT molecular complexity index is 664. The number of likely N-dealkylation sites (tertiary alicyclic amines) is 2. The first kappa shape index (κ1) is 17.4. The molecule has 0 bridgehead atoms. The van der Waals surface area contributed by atoms with Crippen molar-refractivity contribution >= 4 is 17.7 Å². The molecule has 2 N–H and O–H groups in total. The van der Waals surface area contributed by atoms with Gasteiger partial charge in [-0.25, -0.2) is 0 Å². The largest absolute Gasteiger partial charge is 0.361 e. The Hall–Kier alpha value is -2.44. The molecule has 2 saturated heterocycles. The average Bonchev–Trinajstić information content (AvgIpc) is 2.63. The number of nitrogens with two attached hydrogens (primary N) is 1. The van der Waals surface area contributed by atoms with Crippen LogP contribution in [0.25, 0.3) is 0 Å². The molecule has 3 heterocycles. The van der Waals surface area contributed by atoms with Crippen molar-refractivity contribution in [3.63, 3.8) is 0 Å². The first-order chi connectivity index (χ1) is 12.0. The predicted molar refractivity (Wildman–Crippen MR) is 91.2 cm³/mol. The fourth-order valence-electron chi connectivity index (χ4n) is 3.97. The number of carbonyl (C=O) groups excluding carboxylic acids is 3. The number of hydrogen-bond donors (Lipinski definition) is 1. The Balaban J connectivity index is 1.65. The van der Waals surface area contributed by atoms with Gasteiger partial charge in [0.2, 0.25) is 5.91 Å². The summed E-state index contributed by atoms with van der Waals surface area (Å²) in [6.45, 7) is 2.32. The predicted octanol–water partition coefficient (Wildman–Crippen LogP) is 0.341. The molecular weight excluding hydrogens is 320 g/mol. The van der Waals surface area contributed by atoms with Gasteiger partial charge in [0, 0.05) is 56.3 Å². The van der Waals surface area contributed by atoms with Crippen molar-refractivity contribution in [1.29, 1.82) is 0 Å². The number of nitrogens with zero attached hydrogens (tertiary/aromatic N) is 3. The molecule has 1 aromatic heterocycles. The van der Waals surface area contributed by atoms with Crippen LogP contribution in [-0.2, 0) is 20.8 Å². The van der Waals surface area contributed by atoms with Gasteiger partial charge in [-0.3, -0.25) is 19.4 Å². The van der Waals surface area contributed by atoms with Gasteiger partial charge in [0.15, 0.2) is 0 Å². The first-order valence-electron chi connectivity index (χ1n) is 8.75. The lowest BCUT2D eigenvalue weighted by molar-refractivity contribution is -0.149. The molecule has 0 aliphatic carbocycles. The van der Waals surface area contributed by atoms with E-state index in [0.717, 1.165) is 25.0 Å². The molecule has 25 heavy (non-hydrogen) atoms. The molecule has 2 aliphatic rings. The molecule has 1 aromatic rings. The number of aromatic nitrogens is 1. The molecule has 7 heteroatoms. The third kappa shape index (κ3) is 3.97. The Morgan fingerprint density at radius 3 is 2.80 bits per heavy atom. The van der Waals surface area contributed by atoms with Gasteiger partial charge < -0.3 is 15.5 Å². The van der Waals surface area contributed by atoms with E-state index in [1.54, 1.807) is 11.1 Å². The van der Waals surface area contributed by atoms with E-state index < -0.39 is 11.8 Å². The van der Waals surface area contributed by atoms with E-state index >= 15 is 0 Å². The summed E-state index contributed by atoms with van der Waals surface area (Å²) in [5, 5.41) is 0. The second-order valence-electron chi connectivity index (χ2n) is 7.08. The molecule has 134 valence electrons. The Labute approximate surface area is 147 Å². The fraction of sp³-hybridized carbons (Fsp3) is 0.556. The van der Waals surface area contributed by atoms with E-state index in [1.807, 2.05) is 23.1 Å². The zero-order valence-electron chi connectivity index (χ0n) is 14.3. The van der Waals surface area contributed by atoms with E-state index in [1.165, 1.54) is 0 Å². The standard InChI is InChI=1S/C18H24N4O3/c19-16(24)17(25)22-10-3-7-18(13-22)8-5-15(23)21(12-18)11-6-14-4-1-2-9-20-14/h1-2,4,9H,3,5-8,10-13H2,(H2,19,24)/t18-/m1/s1. The molecule has 0 radical (unpaired) electrons. The summed E-state index contributed by atoms with van der Waals surface area (Å²) in [5.74, 6) is -1.37. The maximum atomic E-state index is 12.3. The van der Waals surface area contributed by atoms with Crippen molar-refractivity contribution in [2.45, 2.75) is 32.1 Å². The lowest BCUT2D eigenvalue weighted by atomic mass is 9.73. The van der Waals surface area contributed by atoms with Crippen LogP contribution in [0.15, 0.2) is 24.4 Å². The third-order valence-electron chi connectivity index (χ3n) is 5.27. The topological polar surface area (TPSA) is 96.6 Å². The number of primary amides is 1. The summed E-state index contributed by atoms with van der Waals surface area (Å²) in [6, 6.07) is 5.77. The minimum atomic E-state index is -0.907. The van der Waals surface area contributed by atoms with Gasteiger partial charge in [0.25, 0.3) is 0 Å². The van der Waals surface area contributed by atoms with Crippen molar-refractivity contribution in [3.05, 3.63) is 30.1 Å². The molecule has 2 fully saturated rings. The van der Waals surface area contributed by atoms with Gasteiger partial charge in [-0.05, 0) is 31.4 Å². The maximum Gasteiger partial charge on any atom is 0.311 e. The molecule has 3 amide bonds. The normalized spacial score (nSPS) is 23.8. The van der Waals surface area contributed by atoms with Crippen molar-refractivity contribution < 1.29 is 14.4 Å². The molecule has 0 unspecified atom stereocenters. The molecule has 0 saturated carbocycles. The van der Waals surface area contributed by atoms with Gasteiger partial charge in [-0.15, -0.1) is 0 Å². The number of amides is 3. The quantitative estimate of drug-likeness (QED) is 0.800. The van der Waals surface area contributed by atoms with Crippen LogP contribution in [0.2, 0.25) is 0 Å². The van der Waals surface area contributed by atoms with Gasteiger partial charge in [0.05, 0.1) is 0 Å². The van der Waals surface area contributed by atoms with Crippen LogP contribution < -0.4 is 5.73 Å². The van der Waals surface area contributed by atoms with Gasteiger partial charge in [-0.1, -0.05) is 6.07 Å². The van der Waals surface area contributed by atoms with E-state index in [9.17, 15) is 14.4 Å². The SMILES string of the molecule is NC(=O)C(=O)N1CCC[C@]2(CCC(=O)N(CCc3ccccn3)C2)C1. The van der Waals surface area contributed by atoms with E-state index in [4.69, 9.17) is 5.73 Å². The minimum absolute atomic E-state index is 0.124. The number of hydrogen-bond acceptors (Lipinski definition) is 4. The van der Waals surface area contributed by atoms with Crippen molar-refractivity contribution in [1.82, 2.24) is 14.8 Å². The summed E-state index contributed by atoms with van der Waals surface area (Å²) in [5.41, 5.74) is 5.98. The Morgan fingerprint density at radius 2 is 2.08 bits per heavy atom. The Morgan fingerprint density at radius 1 is 1.24 bits per heavy atom. The van der Waals surface area contributed by atoms with E-state index in [-0.39, 0.29) is 11.3 Å². The molecule has 2 aliphatic heterocycles. The zero-order valence-corrected chi connectivity index (χ0v) is 14.3. The molecule has 1 atom stereocenters. The van der Waals surface area contributed by atoms with Crippen LogP contribution in [0.3, 0.4) is 0 Å². The van der Waals surface area contributed by atoms with Crippen molar-refractivity contribution in [2.75, 3.05) is 26.2 Å². The summed E-state index contributed by atoms with van der Waals surface area (Å²) in [4.78, 5) is 43.2. The zero-order chi connectivity index (χ0) is 17.9. The third-order valence-corrected chi connectivity index (χ3v) is 5.27. The fourth-order valence-corrected chi connectivity index (χ4v) is 3.97. The van der Waals surface area contributed by atoms with Crippen LogP contribution in [0.5, 0.6) is 0 Å². The van der Waals surface area contributed by atoms with Crippen LogP contribution >= 0.6 is 0 Å². The number of pyridine rings is 1.